The molecular formula is C16H19N3O4S. The van der Waals surface area contributed by atoms with E-state index in [1.807, 2.05) is 6.07 Å². The number of nitrogens with one attached hydrogen (secondary N) is 3. The van der Waals surface area contributed by atoms with E-state index >= 15 is 0 Å². The molecule has 2 fully saturated rings. The molecule has 8 heteroatoms. The Morgan fingerprint density at radius 3 is 2.38 bits per heavy atom. The van der Waals surface area contributed by atoms with Crippen molar-refractivity contribution in [3.05, 3.63) is 35.9 Å². The van der Waals surface area contributed by atoms with Gasteiger partial charge in [0.15, 0.2) is 0 Å². The Morgan fingerprint density at radius 1 is 1.12 bits per heavy atom. The van der Waals surface area contributed by atoms with E-state index in [0.717, 1.165) is 0 Å². The second-order valence-electron chi connectivity index (χ2n) is 6.42. The lowest BCUT2D eigenvalue weighted by atomic mass is 10.0. The van der Waals surface area contributed by atoms with Gasteiger partial charge in [-0.2, -0.15) is 0 Å². The van der Waals surface area contributed by atoms with Crippen LogP contribution in [0.15, 0.2) is 30.3 Å². The monoisotopic (exact) mass is 349 g/mol. The molecule has 7 nitrogen and oxygen atoms in total. The molecule has 4 N–H and O–H groups in total. The van der Waals surface area contributed by atoms with Crippen LogP contribution >= 0.6 is 11.8 Å². The van der Waals surface area contributed by atoms with Crippen molar-refractivity contribution in [3.8, 4) is 0 Å². The molecule has 0 spiro atoms. The van der Waals surface area contributed by atoms with Crippen LogP contribution in [-0.4, -0.2) is 45.1 Å². The summed E-state index contributed by atoms with van der Waals surface area (Å²) in [5, 5.41) is 17.2. The smallest absolute Gasteiger partial charge is 0.322 e. The number of thioether (sulfide) groups is 1. The molecule has 1 aromatic rings. The molecule has 2 aliphatic rings. The molecule has 0 aromatic heterocycles. The summed E-state index contributed by atoms with van der Waals surface area (Å²) in [6, 6.07) is 6.65. The fraction of sp³-hybridized carbons (Fsp3) is 0.438. The van der Waals surface area contributed by atoms with Crippen molar-refractivity contribution in [2.24, 2.45) is 0 Å². The lowest BCUT2D eigenvalue weighted by molar-refractivity contribution is -0.140. The average Bonchev–Trinajstić information content (AvgIpc) is 2.85. The standard InChI is InChI=1S/C16H19N3O4S/c1-16(2)11(15(22)23)19-14(24-16)10-13(21)17-9(12(20)18-10)8-6-4-3-5-7-8/h3-7,9-11,14,19H,1-2H3,(H,17,21)(H,18,20)(H,22,23)/t9-,10+,11-,14+/m0/s1. The Labute approximate surface area is 143 Å². The van der Waals surface area contributed by atoms with Crippen molar-refractivity contribution in [1.29, 1.82) is 0 Å². The molecule has 0 saturated carbocycles. The number of carboxylic acid groups (broad SMARTS) is 1. The van der Waals surface area contributed by atoms with Gasteiger partial charge in [0.2, 0.25) is 11.8 Å². The zero-order chi connectivity index (χ0) is 17.5. The van der Waals surface area contributed by atoms with E-state index in [2.05, 4.69) is 16.0 Å². The second kappa shape index (κ2) is 6.10. The lowest BCUT2D eigenvalue weighted by Crippen LogP contribution is -2.63. The van der Waals surface area contributed by atoms with Crippen LogP contribution in [-0.2, 0) is 14.4 Å². The first-order valence-corrected chi connectivity index (χ1v) is 8.50. The maximum atomic E-state index is 12.5. The normalized spacial score (nSPS) is 32.1. The van der Waals surface area contributed by atoms with Gasteiger partial charge in [0, 0.05) is 4.75 Å². The molecule has 2 amide bonds. The van der Waals surface area contributed by atoms with Gasteiger partial charge in [-0.15, -0.1) is 11.8 Å². The molecule has 4 atom stereocenters. The molecule has 128 valence electrons. The van der Waals surface area contributed by atoms with Gasteiger partial charge >= 0.3 is 5.97 Å². The number of amides is 2. The largest absolute Gasteiger partial charge is 0.480 e. The first-order chi connectivity index (χ1) is 11.3. The maximum Gasteiger partial charge on any atom is 0.322 e. The van der Waals surface area contributed by atoms with Crippen LogP contribution in [0.1, 0.15) is 25.5 Å². The Bertz CT molecular complexity index is 679. The summed E-state index contributed by atoms with van der Waals surface area (Å²) in [6.07, 6.45) is 0. The van der Waals surface area contributed by atoms with Crippen molar-refractivity contribution in [3.63, 3.8) is 0 Å². The van der Waals surface area contributed by atoms with Gasteiger partial charge in [-0.05, 0) is 19.4 Å². The van der Waals surface area contributed by atoms with Crippen LogP contribution in [0.5, 0.6) is 0 Å². The van der Waals surface area contributed by atoms with E-state index in [-0.39, 0.29) is 11.8 Å². The third kappa shape index (κ3) is 2.99. The highest BCUT2D eigenvalue weighted by Gasteiger charge is 2.50. The van der Waals surface area contributed by atoms with Crippen molar-refractivity contribution in [2.45, 2.75) is 42.1 Å². The first kappa shape index (κ1) is 16.8. The number of carboxylic acids is 1. The fourth-order valence-corrected chi connectivity index (χ4v) is 4.51. The molecule has 3 rings (SSSR count). The number of piperazine rings is 1. The molecule has 0 unspecified atom stereocenters. The van der Waals surface area contributed by atoms with Crippen molar-refractivity contribution >= 4 is 29.5 Å². The molecule has 2 heterocycles. The van der Waals surface area contributed by atoms with Gasteiger partial charge < -0.3 is 15.7 Å². The number of carbonyl (C=O) groups is 3. The summed E-state index contributed by atoms with van der Waals surface area (Å²) < 4.78 is -0.586. The first-order valence-electron chi connectivity index (χ1n) is 7.62. The average molecular weight is 349 g/mol. The quantitative estimate of drug-likeness (QED) is 0.623. The van der Waals surface area contributed by atoms with E-state index in [9.17, 15) is 19.5 Å². The maximum absolute atomic E-state index is 12.5. The van der Waals surface area contributed by atoms with Gasteiger partial charge in [0.1, 0.15) is 18.1 Å². The predicted octanol–water partition coefficient (Wildman–Crippen LogP) is 0.237. The van der Waals surface area contributed by atoms with Crippen molar-refractivity contribution in [1.82, 2.24) is 16.0 Å². The summed E-state index contributed by atoms with van der Waals surface area (Å²) in [6.45, 7) is 3.61. The zero-order valence-corrected chi connectivity index (χ0v) is 14.1. The van der Waals surface area contributed by atoms with E-state index in [1.165, 1.54) is 11.8 Å². The minimum Gasteiger partial charge on any atom is -0.480 e. The number of benzene rings is 1. The third-order valence-corrected chi connectivity index (χ3v) is 5.77. The molecule has 1 aromatic carbocycles. The van der Waals surface area contributed by atoms with E-state index in [4.69, 9.17) is 0 Å². The Kier molecular flexibility index (Phi) is 4.27. The molecular weight excluding hydrogens is 330 g/mol. The number of rotatable bonds is 3. The Morgan fingerprint density at radius 2 is 1.79 bits per heavy atom. The number of carbonyl (C=O) groups excluding carboxylic acids is 2. The molecule has 2 saturated heterocycles. The molecule has 0 radical (unpaired) electrons. The number of hydrogen-bond donors (Lipinski definition) is 4. The van der Waals surface area contributed by atoms with E-state index < -0.39 is 34.2 Å². The number of hydrogen-bond acceptors (Lipinski definition) is 5. The van der Waals surface area contributed by atoms with Gasteiger partial charge in [0.05, 0.1) is 5.37 Å². The van der Waals surface area contributed by atoms with Crippen LogP contribution in [0.3, 0.4) is 0 Å². The Balaban J connectivity index is 1.75. The summed E-state index contributed by atoms with van der Waals surface area (Å²) >= 11 is 1.35. The van der Waals surface area contributed by atoms with E-state index in [1.54, 1.807) is 38.1 Å². The lowest BCUT2D eigenvalue weighted by Gasteiger charge is -2.32. The highest BCUT2D eigenvalue weighted by atomic mass is 32.2. The SMILES string of the molecule is CC1(C)S[C@H]([C@@H]2NC(=O)[C@H](c3ccccc3)NC2=O)N[C@H]1C(=O)O. The highest BCUT2D eigenvalue weighted by molar-refractivity contribution is 8.01. The molecule has 0 aliphatic carbocycles. The summed E-state index contributed by atoms with van der Waals surface area (Å²) in [4.78, 5) is 36.2. The molecule has 0 bridgehead atoms. The van der Waals surface area contributed by atoms with Crippen LogP contribution in [0.25, 0.3) is 0 Å². The zero-order valence-electron chi connectivity index (χ0n) is 13.3. The summed E-state index contributed by atoms with van der Waals surface area (Å²) in [7, 11) is 0. The minimum atomic E-state index is -0.972. The fourth-order valence-electron chi connectivity index (χ4n) is 3.02. The van der Waals surface area contributed by atoms with Gasteiger partial charge in [-0.25, -0.2) is 0 Å². The predicted molar refractivity (Wildman–Crippen MR) is 89.3 cm³/mol. The third-order valence-electron chi connectivity index (χ3n) is 4.27. The minimum absolute atomic E-state index is 0.301. The molecule has 2 aliphatic heterocycles. The van der Waals surface area contributed by atoms with Crippen LogP contribution in [0, 0.1) is 0 Å². The van der Waals surface area contributed by atoms with E-state index in [0.29, 0.717) is 5.56 Å². The van der Waals surface area contributed by atoms with Crippen LogP contribution < -0.4 is 16.0 Å². The van der Waals surface area contributed by atoms with Crippen LogP contribution in [0.2, 0.25) is 0 Å². The van der Waals surface area contributed by atoms with Gasteiger partial charge in [0.25, 0.3) is 0 Å². The van der Waals surface area contributed by atoms with Crippen molar-refractivity contribution < 1.29 is 19.5 Å². The number of aliphatic carboxylic acids is 1. The highest BCUT2D eigenvalue weighted by Crippen LogP contribution is 2.39. The summed E-state index contributed by atoms with van der Waals surface area (Å²) in [5.41, 5.74) is 0.706. The Hall–Kier alpha value is -2.06. The van der Waals surface area contributed by atoms with Crippen LogP contribution in [0.4, 0.5) is 0 Å². The summed E-state index contributed by atoms with van der Waals surface area (Å²) in [5.74, 6) is -1.60. The molecule has 24 heavy (non-hydrogen) atoms. The van der Waals surface area contributed by atoms with Gasteiger partial charge in [-0.1, -0.05) is 30.3 Å². The van der Waals surface area contributed by atoms with Crippen molar-refractivity contribution in [2.75, 3.05) is 0 Å². The second-order valence-corrected chi connectivity index (χ2v) is 8.21. The topological polar surface area (TPSA) is 108 Å². The van der Waals surface area contributed by atoms with Gasteiger partial charge in [-0.3, -0.25) is 19.7 Å².